The van der Waals surface area contributed by atoms with Gasteiger partial charge in [-0.25, -0.2) is 4.98 Å². The van der Waals surface area contributed by atoms with E-state index in [0.29, 0.717) is 10.8 Å². The first-order valence-corrected chi connectivity index (χ1v) is 5.90. The van der Waals surface area contributed by atoms with E-state index in [9.17, 15) is 0 Å². The SMILES string of the molecule is Cc1nc(Cl)c2nnc(CCN(C)C)n2c1C. The Morgan fingerprint density at radius 2 is 1.94 bits per heavy atom. The van der Waals surface area contributed by atoms with Crippen molar-refractivity contribution < 1.29 is 0 Å². The molecule has 2 aromatic heterocycles. The van der Waals surface area contributed by atoms with Gasteiger partial charge in [-0.05, 0) is 27.9 Å². The summed E-state index contributed by atoms with van der Waals surface area (Å²) in [5, 5.41) is 8.70. The Balaban J connectivity index is 2.51. The molecule has 92 valence electrons. The van der Waals surface area contributed by atoms with Crippen LogP contribution in [-0.4, -0.2) is 45.1 Å². The van der Waals surface area contributed by atoms with Gasteiger partial charge in [-0.15, -0.1) is 10.2 Å². The quantitative estimate of drug-likeness (QED) is 0.832. The first-order chi connectivity index (χ1) is 8.00. The van der Waals surface area contributed by atoms with Crippen molar-refractivity contribution in [2.24, 2.45) is 0 Å². The van der Waals surface area contributed by atoms with Crippen LogP contribution in [0.3, 0.4) is 0 Å². The Morgan fingerprint density at radius 1 is 1.24 bits per heavy atom. The first-order valence-electron chi connectivity index (χ1n) is 5.52. The molecule has 0 aliphatic carbocycles. The predicted molar refractivity (Wildman–Crippen MR) is 67.5 cm³/mol. The van der Waals surface area contributed by atoms with Crippen LogP contribution in [0.5, 0.6) is 0 Å². The van der Waals surface area contributed by atoms with Crippen molar-refractivity contribution in [1.29, 1.82) is 0 Å². The van der Waals surface area contributed by atoms with Crippen molar-refractivity contribution in [3.05, 3.63) is 22.4 Å². The van der Waals surface area contributed by atoms with Gasteiger partial charge in [0.1, 0.15) is 5.82 Å². The first kappa shape index (κ1) is 12.3. The molecule has 2 aromatic rings. The number of fused-ring (bicyclic) bond motifs is 1. The van der Waals surface area contributed by atoms with E-state index in [0.717, 1.165) is 30.2 Å². The predicted octanol–water partition coefficient (Wildman–Crippen LogP) is 1.50. The van der Waals surface area contributed by atoms with E-state index in [1.54, 1.807) is 0 Å². The van der Waals surface area contributed by atoms with Crippen molar-refractivity contribution >= 4 is 17.2 Å². The summed E-state index contributed by atoms with van der Waals surface area (Å²) in [6.45, 7) is 4.88. The maximum Gasteiger partial charge on any atom is 0.198 e. The lowest BCUT2D eigenvalue weighted by molar-refractivity contribution is 0.408. The number of hydrogen-bond donors (Lipinski definition) is 0. The third kappa shape index (κ3) is 2.25. The Labute approximate surface area is 105 Å². The fraction of sp³-hybridized carbons (Fsp3) is 0.545. The summed E-state index contributed by atoms with van der Waals surface area (Å²) in [5.74, 6) is 0.929. The van der Waals surface area contributed by atoms with Crippen LogP contribution >= 0.6 is 11.6 Å². The van der Waals surface area contributed by atoms with Gasteiger partial charge in [0.25, 0.3) is 0 Å². The molecule has 0 saturated carbocycles. The van der Waals surface area contributed by atoms with Gasteiger partial charge in [0.15, 0.2) is 10.8 Å². The second kappa shape index (κ2) is 4.58. The lowest BCUT2D eigenvalue weighted by Crippen LogP contribution is -2.17. The minimum Gasteiger partial charge on any atom is -0.309 e. The largest absolute Gasteiger partial charge is 0.309 e. The van der Waals surface area contributed by atoms with E-state index in [-0.39, 0.29) is 0 Å². The molecule has 17 heavy (non-hydrogen) atoms. The molecule has 0 amide bonds. The third-order valence-corrected chi connectivity index (χ3v) is 3.08. The molecular formula is C11H16ClN5. The van der Waals surface area contributed by atoms with Crippen molar-refractivity contribution in [3.63, 3.8) is 0 Å². The van der Waals surface area contributed by atoms with E-state index in [4.69, 9.17) is 11.6 Å². The van der Waals surface area contributed by atoms with Crippen LogP contribution in [0.2, 0.25) is 5.15 Å². The van der Waals surface area contributed by atoms with E-state index < -0.39 is 0 Å². The van der Waals surface area contributed by atoms with Crippen molar-refractivity contribution in [1.82, 2.24) is 24.5 Å². The van der Waals surface area contributed by atoms with Gasteiger partial charge < -0.3 is 4.90 Å². The van der Waals surface area contributed by atoms with Crippen LogP contribution in [0.4, 0.5) is 0 Å². The Bertz CT molecular complexity index is 546. The lowest BCUT2D eigenvalue weighted by atomic mass is 10.3. The van der Waals surface area contributed by atoms with Crippen LogP contribution in [0.15, 0.2) is 0 Å². The maximum absolute atomic E-state index is 6.07. The second-order valence-electron chi connectivity index (χ2n) is 4.40. The number of nitrogens with zero attached hydrogens (tertiary/aromatic N) is 5. The number of aromatic nitrogens is 4. The van der Waals surface area contributed by atoms with Crippen LogP contribution in [0.1, 0.15) is 17.2 Å². The highest BCUT2D eigenvalue weighted by molar-refractivity contribution is 6.32. The smallest absolute Gasteiger partial charge is 0.198 e. The Kier molecular flexibility index (Phi) is 3.31. The molecular weight excluding hydrogens is 238 g/mol. The molecule has 0 radical (unpaired) electrons. The van der Waals surface area contributed by atoms with Crippen LogP contribution in [0.25, 0.3) is 5.65 Å². The standard InChI is InChI=1S/C11H16ClN5/c1-7-8(2)17-9(5-6-16(3)4)14-15-11(17)10(12)13-7/h5-6H2,1-4H3. The highest BCUT2D eigenvalue weighted by Crippen LogP contribution is 2.18. The number of hydrogen-bond acceptors (Lipinski definition) is 4. The van der Waals surface area contributed by atoms with Crippen molar-refractivity contribution in [2.45, 2.75) is 20.3 Å². The maximum atomic E-state index is 6.07. The van der Waals surface area contributed by atoms with Crippen LogP contribution < -0.4 is 0 Å². The summed E-state index contributed by atoms with van der Waals surface area (Å²) in [6.07, 6.45) is 0.842. The summed E-state index contributed by atoms with van der Waals surface area (Å²) in [6, 6.07) is 0. The number of halogens is 1. The highest BCUT2D eigenvalue weighted by Gasteiger charge is 2.13. The summed E-state index contributed by atoms with van der Waals surface area (Å²) >= 11 is 6.07. The number of aryl methyl sites for hydroxylation is 2. The summed E-state index contributed by atoms with van der Waals surface area (Å²) in [5.41, 5.74) is 2.60. The molecule has 0 saturated heterocycles. The minimum absolute atomic E-state index is 0.414. The zero-order valence-electron chi connectivity index (χ0n) is 10.5. The molecule has 0 fully saturated rings. The number of rotatable bonds is 3. The van der Waals surface area contributed by atoms with E-state index in [1.165, 1.54) is 0 Å². The van der Waals surface area contributed by atoms with Gasteiger partial charge in [0.05, 0.1) is 5.69 Å². The Morgan fingerprint density at radius 3 is 2.59 bits per heavy atom. The monoisotopic (exact) mass is 253 g/mol. The molecule has 2 heterocycles. The van der Waals surface area contributed by atoms with Crippen LogP contribution in [-0.2, 0) is 6.42 Å². The van der Waals surface area contributed by atoms with Gasteiger partial charge in [-0.2, -0.15) is 0 Å². The zero-order valence-corrected chi connectivity index (χ0v) is 11.3. The van der Waals surface area contributed by atoms with Gasteiger partial charge >= 0.3 is 0 Å². The molecule has 6 heteroatoms. The summed E-state index contributed by atoms with van der Waals surface area (Å²) in [4.78, 5) is 6.36. The molecule has 0 unspecified atom stereocenters. The molecule has 0 aliphatic heterocycles. The molecule has 0 spiro atoms. The van der Waals surface area contributed by atoms with E-state index in [1.807, 2.05) is 32.3 Å². The number of likely N-dealkylation sites (N-methyl/N-ethyl adjacent to an activating group) is 1. The van der Waals surface area contributed by atoms with Crippen molar-refractivity contribution in [2.75, 3.05) is 20.6 Å². The molecule has 0 atom stereocenters. The molecule has 5 nitrogen and oxygen atoms in total. The molecule has 2 rings (SSSR count). The average molecular weight is 254 g/mol. The fourth-order valence-electron chi connectivity index (χ4n) is 1.73. The van der Waals surface area contributed by atoms with Crippen LogP contribution in [0, 0.1) is 13.8 Å². The van der Waals surface area contributed by atoms with Gasteiger partial charge in [0.2, 0.25) is 0 Å². The van der Waals surface area contributed by atoms with E-state index >= 15 is 0 Å². The van der Waals surface area contributed by atoms with E-state index in [2.05, 4.69) is 20.1 Å². The minimum atomic E-state index is 0.414. The average Bonchev–Trinajstić information content (AvgIpc) is 2.67. The highest BCUT2D eigenvalue weighted by atomic mass is 35.5. The normalized spacial score (nSPS) is 11.6. The molecule has 0 N–H and O–H groups in total. The topological polar surface area (TPSA) is 46.3 Å². The second-order valence-corrected chi connectivity index (χ2v) is 4.76. The lowest BCUT2D eigenvalue weighted by Gasteiger charge is -2.10. The van der Waals surface area contributed by atoms with Gasteiger partial charge in [0, 0.05) is 18.7 Å². The fourth-order valence-corrected chi connectivity index (χ4v) is 1.98. The van der Waals surface area contributed by atoms with Crippen molar-refractivity contribution in [3.8, 4) is 0 Å². The van der Waals surface area contributed by atoms with Gasteiger partial charge in [-0.1, -0.05) is 11.6 Å². The third-order valence-electron chi connectivity index (χ3n) is 2.82. The zero-order chi connectivity index (χ0) is 12.6. The molecule has 0 bridgehead atoms. The summed E-state index contributed by atoms with van der Waals surface area (Å²) in [7, 11) is 4.08. The Hall–Kier alpha value is -1.20. The molecule has 0 aliphatic rings. The molecule has 0 aromatic carbocycles. The van der Waals surface area contributed by atoms with Gasteiger partial charge in [-0.3, -0.25) is 4.40 Å². The summed E-state index contributed by atoms with van der Waals surface area (Å²) < 4.78 is 1.99.